The summed E-state index contributed by atoms with van der Waals surface area (Å²) in [6.07, 6.45) is -1.11. The van der Waals surface area contributed by atoms with Gasteiger partial charge in [0.05, 0.1) is 10.5 Å². The lowest BCUT2D eigenvalue weighted by Crippen LogP contribution is -2.42. The van der Waals surface area contributed by atoms with E-state index in [0.29, 0.717) is 6.54 Å². The van der Waals surface area contributed by atoms with E-state index in [1.807, 2.05) is 0 Å². The first kappa shape index (κ1) is 35.3. The van der Waals surface area contributed by atoms with E-state index < -0.39 is 39.8 Å². The highest BCUT2D eigenvalue weighted by Crippen LogP contribution is 2.31. The van der Waals surface area contributed by atoms with Gasteiger partial charge in [-0.05, 0) is 80.5 Å². The van der Waals surface area contributed by atoms with Gasteiger partial charge >= 0.3 is 18.3 Å². The first-order valence-electron chi connectivity index (χ1n) is 14.2. The summed E-state index contributed by atoms with van der Waals surface area (Å²) >= 11 is 0. The molecule has 244 valence electrons. The van der Waals surface area contributed by atoms with Crippen molar-refractivity contribution in [3.8, 4) is 0 Å². The summed E-state index contributed by atoms with van der Waals surface area (Å²) in [5.41, 5.74) is -0.872. The molecule has 0 bridgehead atoms. The monoisotopic (exact) mass is 651 g/mol. The molecule has 2 aliphatic rings. The number of rotatable bonds is 8. The maximum Gasteiger partial charge on any atom is 0.490 e. The third-order valence-corrected chi connectivity index (χ3v) is 8.92. The molecule has 3 N–H and O–H groups in total. The molecular weight excluding hydrogens is 616 g/mol. The number of aliphatic carboxylic acids is 1. The molecule has 15 heteroatoms. The lowest BCUT2D eigenvalue weighted by atomic mass is 9.88. The number of nitrogens with zero attached hydrogens (tertiary/aromatic N) is 1. The number of carbonyl (C=O) groups is 2. The average molecular weight is 652 g/mol. The SMILES string of the molecule is O=C(Nc1cccc(C(F)(F)F)c1)c1cccc(S(=O)(=O)NCC2CCCN(CC3CCCCC3)C2)c1.O=C(O)C(F)(F)F. The minimum absolute atomic E-state index is 0.0266. The van der Waals surface area contributed by atoms with Crippen LogP contribution in [0.4, 0.5) is 32.0 Å². The van der Waals surface area contributed by atoms with Gasteiger partial charge in [-0.15, -0.1) is 0 Å². The van der Waals surface area contributed by atoms with E-state index in [2.05, 4.69) is 14.9 Å². The number of anilines is 1. The quantitative estimate of drug-likeness (QED) is 0.295. The van der Waals surface area contributed by atoms with Crippen LogP contribution in [-0.4, -0.2) is 62.7 Å². The normalized spacial score (nSPS) is 18.6. The van der Waals surface area contributed by atoms with Gasteiger partial charge < -0.3 is 15.3 Å². The topological polar surface area (TPSA) is 116 Å². The van der Waals surface area contributed by atoms with Gasteiger partial charge in [0, 0.05) is 30.9 Å². The van der Waals surface area contributed by atoms with Gasteiger partial charge in [-0.25, -0.2) is 17.9 Å². The van der Waals surface area contributed by atoms with Crippen LogP contribution in [0.3, 0.4) is 0 Å². The number of nitrogens with one attached hydrogen (secondary N) is 2. The first-order valence-corrected chi connectivity index (χ1v) is 15.6. The third-order valence-electron chi connectivity index (χ3n) is 7.50. The van der Waals surface area contributed by atoms with Gasteiger partial charge in [-0.3, -0.25) is 4.79 Å². The number of piperidine rings is 1. The summed E-state index contributed by atoms with van der Waals surface area (Å²) in [7, 11) is -3.86. The molecule has 1 saturated carbocycles. The van der Waals surface area contributed by atoms with Crippen LogP contribution in [0, 0.1) is 11.8 Å². The molecular formula is C29H35F6N3O5S. The van der Waals surface area contributed by atoms with E-state index in [-0.39, 0.29) is 22.1 Å². The molecule has 1 aliphatic carbocycles. The Hall–Kier alpha value is -3.17. The van der Waals surface area contributed by atoms with Crippen molar-refractivity contribution in [2.24, 2.45) is 11.8 Å². The molecule has 0 aromatic heterocycles. The van der Waals surface area contributed by atoms with Crippen LogP contribution in [0.2, 0.25) is 0 Å². The van der Waals surface area contributed by atoms with E-state index in [9.17, 15) is 39.6 Å². The fraction of sp³-hybridized carbons (Fsp3) is 0.517. The summed E-state index contributed by atoms with van der Waals surface area (Å²) in [5.74, 6) is -2.48. The van der Waals surface area contributed by atoms with Gasteiger partial charge in [0.1, 0.15) is 0 Å². The molecule has 1 unspecified atom stereocenters. The Morgan fingerprint density at radius 2 is 1.52 bits per heavy atom. The Morgan fingerprint density at radius 3 is 2.16 bits per heavy atom. The van der Waals surface area contributed by atoms with Crippen molar-refractivity contribution >= 4 is 27.6 Å². The van der Waals surface area contributed by atoms with Crippen LogP contribution in [0.1, 0.15) is 60.9 Å². The Morgan fingerprint density at radius 1 is 0.886 bits per heavy atom. The van der Waals surface area contributed by atoms with Gasteiger partial charge in [0.2, 0.25) is 10.0 Å². The Balaban J connectivity index is 0.000000676. The van der Waals surface area contributed by atoms with Crippen LogP contribution in [-0.2, 0) is 21.0 Å². The highest BCUT2D eigenvalue weighted by atomic mass is 32.2. The van der Waals surface area contributed by atoms with Crippen molar-refractivity contribution in [2.45, 2.75) is 62.2 Å². The molecule has 1 atom stereocenters. The van der Waals surface area contributed by atoms with Crippen LogP contribution >= 0.6 is 0 Å². The zero-order chi connectivity index (χ0) is 32.5. The number of likely N-dealkylation sites (tertiary alicyclic amines) is 1. The predicted molar refractivity (Wildman–Crippen MR) is 150 cm³/mol. The number of carboxylic acids is 1. The second-order valence-electron chi connectivity index (χ2n) is 11.0. The van der Waals surface area contributed by atoms with Gasteiger partial charge in [-0.1, -0.05) is 31.4 Å². The number of benzene rings is 2. The number of hydrogen-bond acceptors (Lipinski definition) is 5. The number of halogens is 6. The maximum absolute atomic E-state index is 13.0. The van der Waals surface area contributed by atoms with E-state index >= 15 is 0 Å². The van der Waals surface area contributed by atoms with Gasteiger partial charge in [0.15, 0.2) is 0 Å². The Bertz CT molecular complexity index is 1380. The zero-order valence-corrected chi connectivity index (χ0v) is 24.6. The Labute approximate surface area is 251 Å². The fourth-order valence-corrected chi connectivity index (χ4v) is 6.47. The van der Waals surface area contributed by atoms with Crippen LogP contribution in [0.5, 0.6) is 0 Å². The molecule has 1 heterocycles. The molecule has 1 saturated heterocycles. The standard InChI is InChI=1S/C27H34F3N3O3S.C2HF3O2/c28-27(29,30)23-11-5-12-24(16-23)32-26(34)22-10-4-13-25(15-22)37(35,36)31-17-21-9-6-14-33(19-21)18-20-7-2-1-3-8-20;3-2(4,5)1(6)7/h4-5,10-13,15-16,20-21,31H,1-3,6-9,14,17-19H2,(H,32,34);(H,6,7). The van der Waals surface area contributed by atoms with Crippen molar-refractivity contribution in [1.29, 1.82) is 0 Å². The molecule has 0 spiro atoms. The summed E-state index contributed by atoms with van der Waals surface area (Å²) in [5, 5.41) is 9.54. The minimum atomic E-state index is -5.08. The summed E-state index contributed by atoms with van der Waals surface area (Å²) in [4.78, 5) is 24.0. The molecule has 2 aromatic rings. The second kappa shape index (κ2) is 15.2. The van der Waals surface area contributed by atoms with Crippen molar-refractivity contribution in [2.75, 3.05) is 31.5 Å². The lowest BCUT2D eigenvalue weighted by molar-refractivity contribution is -0.192. The van der Waals surface area contributed by atoms with Crippen molar-refractivity contribution in [3.05, 3.63) is 59.7 Å². The lowest BCUT2D eigenvalue weighted by Gasteiger charge is -2.36. The fourth-order valence-electron chi connectivity index (χ4n) is 5.31. The number of carboxylic acid groups (broad SMARTS) is 1. The zero-order valence-electron chi connectivity index (χ0n) is 23.8. The average Bonchev–Trinajstić information content (AvgIpc) is 2.96. The molecule has 2 fully saturated rings. The number of amides is 1. The molecule has 1 amide bonds. The van der Waals surface area contributed by atoms with Crippen molar-refractivity contribution in [1.82, 2.24) is 9.62 Å². The van der Waals surface area contributed by atoms with Crippen LogP contribution in [0.25, 0.3) is 0 Å². The highest BCUT2D eigenvalue weighted by Gasteiger charge is 2.38. The molecule has 0 radical (unpaired) electrons. The van der Waals surface area contributed by atoms with Crippen LogP contribution < -0.4 is 10.0 Å². The summed E-state index contributed by atoms with van der Waals surface area (Å²) < 4.78 is 99.3. The second-order valence-corrected chi connectivity index (χ2v) is 12.8. The summed E-state index contributed by atoms with van der Waals surface area (Å²) in [6.45, 7) is 3.34. The van der Waals surface area contributed by atoms with E-state index in [1.165, 1.54) is 68.5 Å². The van der Waals surface area contributed by atoms with Crippen molar-refractivity contribution in [3.63, 3.8) is 0 Å². The molecule has 44 heavy (non-hydrogen) atoms. The number of sulfonamides is 1. The van der Waals surface area contributed by atoms with E-state index in [1.54, 1.807) is 0 Å². The van der Waals surface area contributed by atoms with E-state index in [4.69, 9.17) is 9.90 Å². The third kappa shape index (κ3) is 11.1. The number of alkyl halides is 6. The largest absolute Gasteiger partial charge is 0.490 e. The van der Waals surface area contributed by atoms with Gasteiger partial charge in [-0.2, -0.15) is 26.3 Å². The molecule has 2 aromatic carbocycles. The van der Waals surface area contributed by atoms with Crippen LogP contribution in [0.15, 0.2) is 53.4 Å². The number of carbonyl (C=O) groups excluding carboxylic acids is 1. The molecule has 1 aliphatic heterocycles. The van der Waals surface area contributed by atoms with Crippen molar-refractivity contribution < 1.29 is 49.5 Å². The van der Waals surface area contributed by atoms with E-state index in [0.717, 1.165) is 50.5 Å². The highest BCUT2D eigenvalue weighted by molar-refractivity contribution is 7.89. The Kier molecular flexibility index (Phi) is 12.2. The number of hydrogen-bond donors (Lipinski definition) is 3. The molecule has 4 rings (SSSR count). The maximum atomic E-state index is 13.0. The summed E-state index contributed by atoms with van der Waals surface area (Å²) in [6, 6.07) is 9.80. The smallest absolute Gasteiger partial charge is 0.475 e. The van der Waals surface area contributed by atoms with Gasteiger partial charge in [0.25, 0.3) is 5.91 Å². The predicted octanol–water partition coefficient (Wildman–Crippen LogP) is 6.16. The first-order chi connectivity index (χ1) is 20.5. The minimum Gasteiger partial charge on any atom is -0.475 e. The molecule has 8 nitrogen and oxygen atoms in total.